The molecule has 0 saturated carbocycles. The van der Waals surface area contributed by atoms with E-state index in [9.17, 15) is 4.79 Å². The second-order valence-electron chi connectivity index (χ2n) is 3.82. The fraction of sp³-hybridized carbons (Fsp3) is 0.417. The zero-order valence-electron chi connectivity index (χ0n) is 9.69. The fourth-order valence-corrected chi connectivity index (χ4v) is 1.67. The molecular weight excluding hydrogens is 220 g/mol. The molecule has 1 atom stereocenters. The van der Waals surface area contributed by atoms with Crippen LogP contribution in [0.4, 0.5) is 0 Å². The highest BCUT2D eigenvalue weighted by Crippen LogP contribution is 2.17. The molecule has 0 aromatic heterocycles. The van der Waals surface area contributed by atoms with Crippen LogP contribution in [-0.2, 0) is 10.3 Å². The van der Waals surface area contributed by atoms with Gasteiger partial charge < -0.3 is 11.1 Å². The molecule has 0 radical (unpaired) electrons. The molecular formula is C12H18N2OS. The number of nitrogens with one attached hydrogen (secondary N) is 1. The molecule has 1 rings (SSSR count). The van der Waals surface area contributed by atoms with Gasteiger partial charge in [0.15, 0.2) is 0 Å². The highest BCUT2D eigenvalue weighted by molar-refractivity contribution is 7.98. The minimum atomic E-state index is -0.959. The molecule has 0 spiro atoms. The number of carbonyl (C=O) groups is 1. The maximum absolute atomic E-state index is 11.9. The van der Waals surface area contributed by atoms with Crippen LogP contribution < -0.4 is 11.1 Å². The summed E-state index contributed by atoms with van der Waals surface area (Å²) < 4.78 is 0. The van der Waals surface area contributed by atoms with Crippen molar-refractivity contribution in [3.05, 3.63) is 35.9 Å². The minimum absolute atomic E-state index is 0.132. The van der Waals surface area contributed by atoms with Crippen molar-refractivity contribution >= 4 is 17.7 Å². The predicted molar refractivity (Wildman–Crippen MR) is 69.4 cm³/mol. The summed E-state index contributed by atoms with van der Waals surface area (Å²) in [6, 6.07) is 9.42. The molecule has 4 heteroatoms. The third kappa shape index (κ3) is 3.25. The molecule has 1 aromatic rings. The van der Waals surface area contributed by atoms with Crippen LogP contribution >= 0.6 is 11.8 Å². The molecule has 3 N–H and O–H groups in total. The van der Waals surface area contributed by atoms with Crippen LogP contribution in [0, 0.1) is 0 Å². The Kier molecular flexibility index (Phi) is 4.83. The van der Waals surface area contributed by atoms with Crippen LogP contribution in [0.1, 0.15) is 12.5 Å². The predicted octanol–water partition coefficient (Wildman–Crippen LogP) is 1.34. The van der Waals surface area contributed by atoms with Gasteiger partial charge in [-0.25, -0.2) is 0 Å². The lowest BCUT2D eigenvalue weighted by Crippen LogP contribution is -2.49. The molecule has 0 bridgehead atoms. The Balaban J connectivity index is 2.66. The Hall–Kier alpha value is -1.00. The van der Waals surface area contributed by atoms with Gasteiger partial charge in [0.25, 0.3) is 0 Å². The smallest absolute Gasteiger partial charge is 0.244 e. The van der Waals surface area contributed by atoms with E-state index in [4.69, 9.17) is 5.73 Å². The number of nitrogens with two attached hydrogens (primary N) is 1. The van der Waals surface area contributed by atoms with Crippen molar-refractivity contribution in [2.24, 2.45) is 5.73 Å². The number of hydrogen-bond donors (Lipinski definition) is 2. The van der Waals surface area contributed by atoms with Crippen molar-refractivity contribution in [1.29, 1.82) is 0 Å². The molecule has 0 heterocycles. The van der Waals surface area contributed by atoms with Gasteiger partial charge in [0, 0.05) is 12.3 Å². The molecule has 0 aliphatic heterocycles. The van der Waals surface area contributed by atoms with Crippen LogP contribution in [-0.4, -0.2) is 24.5 Å². The van der Waals surface area contributed by atoms with E-state index in [0.717, 1.165) is 11.3 Å². The molecule has 0 aliphatic rings. The zero-order valence-corrected chi connectivity index (χ0v) is 10.5. The second kappa shape index (κ2) is 5.92. The van der Waals surface area contributed by atoms with Gasteiger partial charge in [-0.3, -0.25) is 4.79 Å². The van der Waals surface area contributed by atoms with E-state index in [0.29, 0.717) is 6.54 Å². The van der Waals surface area contributed by atoms with Crippen molar-refractivity contribution in [3.8, 4) is 0 Å². The quantitative estimate of drug-likeness (QED) is 0.761. The van der Waals surface area contributed by atoms with Crippen LogP contribution in [0.25, 0.3) is 0 Å². The van der Waals surface area contributed by atoms with Crippen molar-refractivity contribution in [1.82, 2.24) is 5.32 Å². The molecule has 0 aliphatic carbocycles. The largest absolute Gasteiger partial charge is 0.353 e. The summed E-state index contributed by atoms with van der Waals surface area (Å²) in [5, 5.41) is 2.84. The van der Waals surface area contributed by atoms with Gasteiger partial charge in [-0.15, -0.1) is 0 Å². The molecule has 1 unspecified atom stereocenters. The van der Waals surface area contributed by atoms with E-state index < -0.39 is 5.54 Å². The van der Waals surface area contributed by atoms with E-state index in [-0.39, 0.29) is 5.91 Å². The van der Waals surface area contributed by atoms with Gasteiger partial charge in [0.2, 0.25) is 5.91 Å². The summed E-state index contributed by atoms with van der Waals surface area (Å²) in [7, 11) is 0. The SMILES string of the molecule is CSCCNC(=O)C(C)(N)c1ccccc1. The average Bonchev–Trinajstić information content (AvgIpc) is 2.30. The van der Waals surface area contributed by atoms with Crippen molar-refractivity contribution in [2.45, 2.75) is 12.5 Å². The van der Waals surface area contributed by atoms with Gasteiger partial charge >= 0.3 is 0 Å². The third-order valence-electron chi connectivity index (χ3n) is 2.44. The summed E-state index contributed by atoms with van der Waals surface area (Å²) in [5.74, 6) is 0.768. The van der Waals surface area contributed by atoms with Gasteiger partial charge in [-0.1, -0.05) is 30.3 Å². The maximum Gasteiger partial charge on any atom is 0.244 e. The Morgan fingerprint density at radius 2 is 2.06 bits per heavy atom. The first kappa shape index (κ1) is 13.1. The van der Waals surface area contributed by atoms with Crippen molar-refractivity contribution < 1.29 is 4.79 Å². The Labute approximate surface area is 101 Å². The highest BCUT2D eigenvalue weighted by atomic mass is 32.2. The summed E-state index contributed by atoms with van der Waals surface area (Å²) >= 11 is 1.69. The van der Waals surface area contributed by atoms with Crippen LogP contribution in [0.2, 0.25) is 0 Å². The normalized spacial score (nSPS) is 14.2. The summed E-state index contributed by atoms with van der Waals surface area (Å²) in [4.78, 5) is 11.9. The summed E-state index contributed by atoms with van der Waals surface area (Å²) in [6.45, 7) is 2.39. The van der Waals surface area contributed by atoms with Crippen LogP contribution in [0.3, 0.4) is 0 Å². The van der Waals surface area contributed by atoms with E-state index in [2.05, 4.69) is 5.32 Å². The zero-order chi connectivity index (χ0) is 12.0. The Morgan fingerprint density at radius 1 is 1.44 bits per heavy atom. The molecule has 3 nitrogen and oxygen atoms in total. The standard InChI is InChI=1S/C12H18N2OS/c1-12(13,10-6-4-3-5-7-10)11(15)14-8-9-16-2/h3-7H,8-9,13H2,1-2H3,(H,14,15). The Morgan fingerprint density at radius 3 is 2.62 bits per heavy atom. The van der Waals surface area contributed by atoms with Crippen molar-refractivity contribution in [3.63, 3.8) is 0 Å². The second-order valence-corrected chi connectivity index (χ2v) is 4.80. The molecule has 88 valence electrons. The van der Waals surface area contributed by atoms with E-state index in [1.807, 2.05) is 36.6 Å². The third-order valence-corrected chi connectivity index (χ3v) is 3.05. The van der Waals surface area contributed by atoms with Gasteiger partial charge in [-0.05, 0) is 18.7 Å². The fourth-order valence-electron chi connectivity index (χ4n) is 1.37. The number of thioether (sulfide) groups is 1. The number of benzene rings is 1. The lowest BCUT2D eigenvalue weighted by atomic mass is 9.92. The first-order chi connectivity index (χ1) is 7.59. The molecule has 0 fully saturated rings. The van der Waals surface area contributed by atoms with E-state index in [1.165, 1.54) is 0 Å². The molecule has 0 saturated heterocycles. The average molecular weight is 238 g/mol. The maximum atomic E-state index is 11.9. The monoisotopic (exact) mass is 238 g/mol. The van der Waals surface area contributed by atoms with Gasteiger partial charge in [-0.2, -0.15) is 11.8 Å². The lowest BCUT2D eigenvalue weighted by molar-refractivity contribution is -0.125. The first-order valence-electron chi connectivity index (χ1n) is 5.20. The van der Waals surface area contributed by atoms with Crippen molar-refractivity contribution in [2.75, 3.05) is 18.6 Å². The number of hydrogen-bond acceptors (Lipinski definition) is 3. The minimum Gasteiger partial charge on any atom is -0.353 e. The Bertz CT molecular complexity index is 338. The van der Waals surface area contributed by atoms with E-state index in [1.54, 1.807) is 18.7 Å². The molecule has 1 amide bonds. The summed E-state index contributed by atoms with van der Waals surface area (Å²) in [5.41, 5.74) is 5.92. The number of carbonyl (C=O) groups excluding carboxylic acids is 1. The topological polar surface area (TPSA) is 55.1 Å². The lowest BCUT2D eigenvalue weighted by Gasteiger charge is -2.23. The number of amides is 1. The van der Waals surface area contributed by atoms with Gasteiger partial charge in [0.05, 0.1) is 0 Å². The highest BCUT2D eigenvalue weighted by Gasteiger charge is 2.29. The molecule has 16 heavy (non-hydrogen) atoms. The van der Waals surface area contributed by atoms with Crippen LogP contribution in [0.5, 0.6) is 0 Å². The van der Waals surface area contributed by atoms with Gasteiger partial charge in [0.1, 0.15) is 5.54 Å². The number of rotatable bonds is 5. The van der Waals surface area contributed by atoms with Crippen LogP contribution in [0.15, 0.2) is 30.3 Å². The first-order valence-corrected chi connectivity index (χ1v) is 6.60. The summed E-state index contributed by atoms with van der Waals surface area (Å²) in [6.07, 6.45) is 2.00. The van der Waals surface area contributed by atoms with E-state index >= 15 is 0 Å². The molecule has 1 aromatic carbocycles.